The van der Waals surface area contributed by atoms with Crippen LogP contribution >= 0.6 is 23.7 Å². The topological polar surface area (TPSA) is 78.1 Å². The largest absolute Gasteiger partial charge is 0.337 e. The minimum absolute atomic E-state index is 0. The fraction of sp³-hybridized carbons (Fsp3) is 0.632. The van der Waals surface area contributed by atoms with Crippen molar-refractivity contribution < 1.29 is 4.79 Å². The lowest BCUT2D eigenvalue weighted by molar-refractivity contribution is -0.133. The van der Waals surface area contributed by atoms with Crippen molar-refractivity contribution in [2.45, 2.75) is 52.0 Å². The summed E-state index contributed by atoms with van der Waals surface area (Å²) in [6.45, 7) is 6.76. The molecule has 6 nitrogen and oxygen atoms in total. The zero-order chi connectivity index (χ0) is 18.3. The van der Waals surface area contributed by atoms with Gasteiger partial charge in [0, 0.05) is 43.4 Å². The van der Waals surface area contributed by atoms with Crippen LogP contribution in [0.4, 0.5) is 0 Å². The standard InChI is InChI=1S/C19H26N4O2S.ClH/c1-11-3-4-13-14(9-11)26-19-17(13)18(25)21-15(22-19)5-6-16(24)23-8-7-20-10-12(23)2;/h11-12,20H,3-10H2,1-2H3,(H,21,22,25);1H. The molecule has 0 aromatic carbocycles. The van der Waals surface area contributed by atoms with E-state index in [1.807, 2.05) is 4.90 Å². The molecule has 8 heteroatoms. The third kappa shape index (κ3) is 4.05. The number of piperazine rings is 1. The van der Waals surface area contributed by atoms with E-state index in [9.17, 15) is 9.59 Å². The van der Waals surface area contributed by atoms with Gasteiger partial charge in [-0.2, -0.15) is 0 Å². The van der Waals surface area contributed by atoms with Gasteiger partial charge in [0.15, 0.2) is 0 Å². The van der Waals surface area contributed by atoms with Gasteiger partial charge in [0.2, 0.25) is 5.91 Å². The molecule has 4 rings (SSSR count). The van der Waals surface area contributed by atoms with Gasteiger partial charge in [0.05, 0.1) is 5.39 Å². The molecular formula is C19H27ClN4O2S. The number of aromatic amines is 1. The molecule has 0 saturated carbocycles. The molecule has 2 aromatic rings. The maximum Gasteiger partial charge on any atom is 0.259 e. The van der Waals surface area contributed by atoms with Crippen LogP contribution in [0.3, 0.4) is 0 Å². The second kappa shape index (κ2) is 8.29. The Morgan fingerprint density at radius 3 is 2.96 bits per heavy atom. The van der Waals surface area contributed by atoms with E-state index < -0.39 is 0 Å². The Labute approximate surface area is 169 Å². The second-order valence-corrected chi connectivity index (χ2v) is 8.77. The lowest BCUT2D eigenvalue weighted by Gasteiger charge is -2.34. The van der Waals surface area contributed by atoms with E-state index in [0.717, 1.165) is 49.1 Å². The SMILES string of the molecule is CC1CCc2c(sc3nc(CCC(=O)N4CCNCC4C)[nH]c(=O)c23)C1.Cl. The summed E-state index contributed by atoms with van der Waals surface area (Å²) in [6.07, 6.45) is 4.03. The molecule has 2 aromatic heterocycles. The number of aromatic nitrogens is 2. The summed E-state index contributed by atoms with van der Waals surface area (Å²) in [7, 11) is 0. The van der Waals surface area contributed by atoms with Gasteiger partial charge in [0.25, 0.3) is 5.56 Å². The van der Waals surface area contributed by atoms with Crippen LogP contribution in [-0.4, -0.2) is 46.5 Å². The van der Waals surface area contributed by atoms with Crippen molar-refractivity contribution in [3.05, 3.63) is 26.6 Å². The average Bonchev–Trinajstić information content (AvgIpc) is 2.97. The number of nitrogens with one attached hydrogen (secondary N) is 2. The monoisotopic (exact) mass is 410 g/mol. The first-order chi connectivity index (χ1) is 12.5. The molecule has 0 bridgehead atoms. The highest BCUT2D eigenvalue weighted by Gasteiger charge is 2.24. The average molecular weight is 411 g/mol. The number of hydrogen-bond acceptors (Lipinski definition) is 5. The van der Waals surface area contributed by atoms with Crippen LogP contribution in [0, 0.1) is 5.92 Å². The molecule has 1 fully saturated rings. The molecule has 2 N–H and O–H groups in total. The van der Waals surface area contributed by atoms with E-state index >= 15 is 0 Å². The molecule has 1 amide bonds. The molecule has 27 heavy (non-hydrogen) atoms. The first kappa shape index (κ1) is 20.3. The van der Waals surface area contributed by atoms with E-state index in [1.165, 1.54) is 10.4 Å². The molecule has 3 heterocycles. The molecule has 2 unspecified atom stereocenters. The van der Waals surface area contributed by atoms with Gasteiger partial charge in [-0.05, 0) is 37.7 Å². The Bertz CT molecular complexity index is 894. The zero-order valence-electron chi connectivity index (χ0n) is 15.8. The Morgan fingerprint density at radius 1 is 1.37 bits per heavy atom. The predicted octanol–water partition coefficient (Wildman–Crippen LogP) is 2.28. The van der Waals surface area contributed by atoms with Crippen LogP contribution in [0.1, 0.15) is 43.0 Å². The highest BCUT2D eigenvalue weighted by atomic mass is 35.5. The Kier molecular flexibility index (Phi) is 6.23. The van der Waals surface area contributed by atoms with Crippen molar-refractivity contribution in [2.24, 2.45) is 5.92 Å². The van der Waals surface area contributed by atoms with Crippen LogP contribution < -0.4 is 10.9 Å². The van der Waals surface area contributed by atoms with Crippen molar-refractivity contribution >= 4 is 39.9 Å². The summed E-state index contributed by atoms with van der Waals surface area (Å²) in [5.41, 5.74) is 1.16. The fourth-order valence-electron chi connectivity index (χ4n) is 4.09. The number of carbonyl (C=O) groups excluding carboxylic acids is 1. The van der Waals surface area contributed by atoms with Gasteiger partial charge < -0.3 is 15.2 Å². The predicted molar refractivity (Wildman–Crippen MR) is 111 cm³/mol. The molecule has 1 aliphatic heterocycles. The summed E-state index contributed by atoms with van der Waals surface area (Å²) >= 11 is 1.66. The Morgan fingerprint density at radius 2 is 2.19 bits per heavy atom. The normalized spacial score (nSPS) is 22.4. The number of amides is 1. The van der Waals surface area contributed by atoms with Gasteiger partial charge in [-0.1, -0.05) is 6.92 Å². The smallest absolute Gasteiger partial charge is 0.259 e. The number of H-pyrrole nitrogens is 1. The summed E-state index contributed by atoms with van der Waals surface area (Å²) in [5.74, 6) is 1.44. The maximum absolute atomic E-state index is 12.6. The first-order valence-electron chi connectivity index (χ1n) is 9.56. The fourth-order valence-corrected chi connectivity index (χ4v) is 5.49. The first-order valence-corrected chi connectivity index (χ1v) is 10.4. The Hall–Kier alpha value is -1.44. The van der Waals surface area contributed by atoms with Crippen LogP contribution in [0.5, 0.6) is 0 Å². The third-order valence-corrected chi connectivity index (χ3v) is 6.76. The molecule has 2 aliphatic rings. The molecule has 1 saturated heterocycles. The molecular weight excluding hydrogens is 384 g/mol. The summed E-state index contributed by atoms with van der Waals surface area (Å²) < 4.78 is 0. The van der Waals surface area contributed by atoms with Crippen LogP contribution in [0.2, 0.25) is 0 Å². The lowest BCUT2D eigenvalue weighted by atomic mass is 9.89. The molecule has 0 radical (unpaired) electrons. The number of carbonyl (C=O) groups is 1. The highest BCUT2D eigenvalue weighted by Crippen LogP contribution is 2.35. The number of aryl methyl sites for hydroxylation is 2. The van der Waals surface area contributed by atoms with Gasteiger partial charge >= 0.3 is 0 Å². The van der Waals surface area contributed by atoms with E-state index in [1.54, 1.807) is 11.3 Å². The van der Waals surface area contributed by atoms with Gasteiger partial charge in [-0.25, -0.2) is 4.98 Å². The van der Waals surface area contributed by atoms with E-state index in [-0.39, 0.29) is 29.9 Å². The van der Waals surface area contributed by atoms with Crippen molar-refractivity contribution in [1.29, 1.82) is 0 Å². The number of hydrogen-bond donors (Lipinski definition) is 2. The minimum atomic E-state index is -0.0416. The number of nitrogens with zero attached hydrogens (tertiary/aromatic N) is 2. The number of rotatable bonds is 3. The minimum Gasteiger partial charge on any atom is -0.337 e. The van der Waals surface area contributed by atoms with Crippen molar-refractivity contribution in [3.8, 4) is 0 Å². The summed E-state index contributed by atoms with van der Waals surface area (Å²) in [4.78, 5) is 36.8. The van der Waals surface area contributed by atoms with Gasteiger partial charge in [0.1, 0.15) is 10.7 Å². The van der Waals surface area contributed by atoms with Crippen LogP contribution in [0.25, 0.3) is 10.2 Å². The van der Waals surface area contributed by atoms with Crippen molar-refractivity contribution in [1.82, 2.24) is 20.2 Å². The van der Waals surface area contributed by atoms with Crippen molar-refractivity contribution in [2.75, 3.05) is 19.6 Å². The van der Waals surface area contributed by atoms with Gasteiger partial charge in [-0.3, -0.25) is 9.59 Å². The Balaban J connectivity index is 0.00000210. The number of fused-ring (bicyclic) bond motifs is 3. The van der Waals surface area contributed by atoms with E-state index in [0.29, 0.717) is 24.6 Å². The molecule has 2 atom stereocenters. The third-order valence-electron chi connectivity index (χ3n) is 5.61. The van der Waals surface area contributed by atoms with Crippen LogP contribution in [-0.2, 0) is 24.1 Å². The molecule has 1 aliphatic carbocycles. The second-order valence-electron chi connectivity index (χ2n) is 7.68. The quantitative estimate of drug-likeness (QED) is 0.813. The van der Waals surface area contributed by atoms with Gasteiger partial charge in [-0.15, -0.1) is 23.7 Å². The van der Waals surface area contributed by atoms with E-state index in [2.05, 4.69) is 29.1 Å². The van der Waals surface area contributed by atoms with Crippen molar-refractivity contribution in [3.63, 3.8) is 0 Å². The lowest BCUT2D eigenvalue weighted by Crippen LogP contribution is -2.52. The summed E-state index contributed by atoms with van der Waals surface area (Å²) in [6, 6.07) is 0.219. The molecule has 0 spiro atoms. The highest BCUT2D eigenvalue weighted by molar-refractivity contribution is 7.18. The number of halogens is 1. The summed E-state index contributed by atoms with van der Waals surface area (Å²) in [5, 5.41) is 4.08. The molecule has 148 valence electrons. The van der Waals surface area contributed by atoms with E-state index in [4.69, 9.17) is 0 Å². The van der Waals surface area contributed by atoms with Crippen LogP contribution in [0.15, 0.2) is 4.79 Å². The maximum atomic E-state index is 12.6. The zero-order valence-corrected chi connectivity index (χ0v) is 17.5. The number of thiophene rings is 1.